The number of ether oxygens (including phenoxy) is 1. The molecular weight excluding hydrogens is 363 g/mol. The molecule has 1 aliphatic heterocycles. The number of benzene rings is 2. The van der Waals surface area contributed by atoms with Gasteiger partial charge in [0.2, 0.25) is 5.78 Å². The van der Waals surface area contributed by atoms with Crippen molar-refractivity contribution in [3.8, 4) is 0 Å². The van der Waals surface area contributed by atoms with E-state index < -0.39 is 23.7 Å². The number of hydrogen-bond acceptors (Lipinski definition) is 5. The summed E-state index contributed by atoms with van der Waals surface area (Å²) in [4.78, 5) is 41.8. The average Bonchev–Trinajstić information content (AvgIpc) is 3.16. The number of ketones is 1. The number of halogens is 1. The number of fused-ring (bicyclic) bond motifs is 2. The van der Waals surface area contributed by atoms with Gasteiger partial charge in [-0.2, -0.15) is 0 Å². The van der Waals surface area contributed by atoms with E-state index in [0.717, 1.165) is 12.8 Å². The van der Waals surface area contributed by atoms with Gasteiger partial charge in [0.15, 0.2) is 6.10 Å². The van der Waals surface area contributed by atoms with E-state index in [0.29, 0.717) is 23.3 Å². The van der Waals surface area contributed by atoms with Crippen molar-refractivity contribution in [1.29, 1.82) is 0 Å². The number of esters is 1. The third-order valence-electron chi connectivity index (χ3n) is 4.83. The Balaban J connectivity index is 1.57. The fourth-order valence-corrected chi connectivity index (χ4v) is 3.34. The van der Waals surface area contributed by atoms with Crippen LogP contribution in [0.2, 0.25) is 0 Å². The highest BCUT2D eigenvalue weighted by molar-refractivity contribution is 6.02. The number of carbonyl (C=O) groups is 2. The zero-order chi connectivity index (χ0) is 19.8. The number of aromatic nitrogens is 2. The van der Waals surface area contributed by atoms with Crippen LogP contribution in [0.4, 0.5) is 4.39 Å². The monoisotopic (exact) mass is 380 g/mol. The van der Waals surface area contributed by atoms with Crippen molar-refractivity contribution in [1.82, 2.24) is 9.55 Å². The van der Waals surface area contributed by atoms with Gasteiger partial charge in [-0.1, -0.05) is 0 Å². The Labute approximate surface area is 159 Å². The Morgan fingerprint density at radius 2 is 1.86 bits per heavy atom. The van der Waals surface area contributed by atoms with Crippen molar-refractivity contribution >= 4 is 22.7 Å². The van der Waals surface area contributed by atoms with Gasteiger partial charge in [0.25, 0.3) is 5.56 Å². The molecule has 0 N–H and O–H groups in total. The van der Waals surface area contributed by atoms with E-state index in [2.05, 4.69) is 4.98 Å². The van der Waals surface area contributed by atoms with Crippen molar-refractivity contribution < 1.29 is 18.7 Å². The highest BCUT2D eigenvalue weighted by Gasteiger charge is 2.22. The number of hydrogen-bond donors (Lipinski definition) is 0. The molecule has 0 bridgehead atoms. The Bertz CT molecular complexity index is 1150. The van der Waals surface area contributed by atoms with E-state index in [1.54, 1.807) is 10.6 Å². The summed E-state index contributed by atoms with van der Waals surface area (Å²) in [6.07, 6.45) is 0.562. The lowest BCUT2D eigenvalue weighted by Crippen LogP contribution is -2.25. The van der Waals surface area contributed by atoms with E-state index in [4.69, 9.17) is 4.74 Å². The molecule has 1 aromatic heterocycles. The molecule has 3 aromatic rings. The van der Waals surface area contributed by atoms with Crippen molar-refractivity contribution in [2.24, 2.45) is 0 Å². The molecule has 0 radical (unpaired) electrons. The van der Waals surface area contributed by atoms with Gasteiger partial charge in [0.05, 0.1) is 16.5 Å². The summed E-state index contributed by atoms with van der Waals surface area (Å²) in [5.41, 5.74) is 0.786. The van der Waals surface area contributed by atoms with Gasteiger partial charge in [-0.25, -0.2) is 14.2 Å². The second-order valence-electron chi connectivity index (χ2n) is 6.74. The SMILES string of the molecule is C[C@@H](OC(=O)c1ccc2c(=O)n3c(nc2c1)CCC3)C(=O)c1ccc(F)cc1. The van der Waals surface area contributed by atoms with E-state index in [9.17, 15) is 18.8 Å². The zero-order valence-electron chi connectivity index (χ0n) is 15.1. The zero-order valence-corrected chi connectivity index (χ0v) is 15.1. The van der Waals surface area contributed by atoms with Crippen molar-refractivity contribution in [2.75, 3.05) is 0 Å². The number of rotatable bonds is 4. The van der Waals surface area contributed by atoms with Gasteiger partial charge in [-0.15, -0.1) is 0 Å². The Morgan fingerprint density at radius 1 is 1.14 bits per heavy atom. The summed E-state index contributed by atoms with van der Waals surface area (Å²) in [7, 11) is 0. The number of aryl methyl sites for hydroxylation is 1. The minimum Gasteiger partial charge on any atom is -0.451 e. The topological polar surface area (TPSA) is 78.3 Å². The van der Waals surface area contributed by atoms with Crippen LogP contribution in [0.3, 0.4) is 0 Å². The quantitative estimate of drug-likeness (QED) is 0.514. The first-order valence-electron chi connectivity index (χ1n) is 8.98. The highest BCUT2D eigenvalue weighted by Crippen LogP contribution is 2.17. The van der Waals surface area contributed by atoms with Gasteiger partial charge in [-0.05, 0) is 55.8 Å². The predicted octanol–water partition coefficient (Wildman–Crippen LogP) is 2.91. The fraction of sp³-hybridized carbons (Fsp3) is 0.238. The molecule has 2 aromatic carbocycles. The van der Waals surface area contributed by atoms with Crippen LogP contribution in [-0.2, 0) is 17.7 Å². The molecule has 0 amide bonds. The van der Waals surface area contributed by atoms with Crippen LogP contribution in [0, 0.1) is 5.82 Å². The van der Waals surface area contributed by atoms with Crippen LogP contribution < -0.4 is 5.56 Å². The predicted molar refractivity (Wildman–Crippen MR) is 99.9 cm³/mol. The Hall–Kier alpha value is -3.35. The normalized spacial score (nSPS) is 13.9. The van der Waals surface area contributed by atoms with E-state index >= 15 is 0 Å². The lowest BCUT2D eigenvalue weighted by atomic mass is 10.1. The second kappa shape index (κ2) is 6.99. The summed E-state index contributed by atoms with van der Waals surface area (Å²) in [6.45, 7) is 2.12. The van der Waals surface area contributed by atoms with E-state index in [1.807, 2.05) is 0 Å². The maximum atomic E-state index is 13.0. The average molecular weight is 380 g/mol. The summed E-state index contributed by atoms with van der Waals surface area (Å²) in [6, 6.07) is 9.59. The first-order chi connectivity index (χ1) is 13.4. The van der Waals surface area contributed by atoms with Crippen molar-refractivity contribution in [3.63, 3.8) is 0 Å². The molecule has 4 rings (SSSR count). The van der Waals surface area contributed by atoms with Crippen LogP contribution in [0.15, 0.2) is 47.3 Å². The smallest absolute Gasteiger partial charge is 0.338 e. The standard InChI is InChI=1S/C21H17FN2O4/c1-12(19(25)13-4-7-15(22)8-5-13)28-21(27)14-6-9-16-17(11-14)23-18-3-2-10-24(18)20(16)26/h4-9,11-12H,2-3,10H2,1H3/t12-/m1/s1. The molecule has 0 saturated carbocycles. The summed E-state index contributed by atoms with van der Waals surface area (Å²) in [5, 5.41) is 0.442. The van der Waals surface area contributed by atoms with Crippen LogP contribution in [0.1, 0.15) is 39.9 Å². The molecule has 0 unspecified atom stereocenters. The molecule has 1 atom stereocenters. The third kappa shape index (κ3) is 3.19. The molecule has 1 aliphatic rings. The lowest BCUT2D eigenvalue weighted by Gasteiger charge is -2.13. The van der Waals surface area contributed by atoms with Crippen LogP contribution in [-0.4, -0.2) is 27.4 Å². The molecule has 0 fully saturated rings. The molecule has 6 nitrogen and oxygen atoms in total. The number of carbonyl (C=O) groups excluding carboxylic acids is 2. The molecular formula is C21H17FN2O4. The van der Waals surface area contributed by atoms with Crippen LogP contribution in [0.5, 0.6) is 0 Å². The van der Waals surface area contributed by atoms with Gasteiger partial charge >= 0.3 is 5.97 Å². The van der Waals surface area contributed by atoms with Crippen LogP contribution >= 0.6 is 0 Å². The molecule has 0 spiro atoms. The lowest BCUT2D eigenvalue weighted by molar-refractivity contribution is 0.0319. The molecule has 2 heterocycles. The fourth-order valence-electron chi connectivity index (χ4n) is 3.34. The number of nitrogens with zero attached hydrogens (tertiary/aromatic N) is 2. The highest BCUT2D eigenvalue weighted by atomic mass is 19.1. The molecule has 0 aliphatic carbocycles. The minimum atomic E-state index is -1.03. The van der Waals surface area contributed by atoms with Crippen molar-refractivity contribution in [2.45, 2.75) is 32.4 Å². The Kier molecular flexibility index (Phi) is 4.50. The Morgan fingerprint density at radius 3 is 2.61 bits per heavy atom. The molecule has 0 saturated heterocycles. The maximum absolute atomic E-state index is 13.0. The van der Waals surface area contributed by atoms with Gasteiger partial charge in [0.1, 0.15) is 11.6 Å². The summed E-state index contributed by atoms with van der Waals surface area (Å²) < 4.78 is 19.9. The van der Waals surface area contributed by atoms with E-state index in [1.165, 1.54) is 43.3 Å². The minimum absolute atomic E-state index is 0.114. The summed E-state index contributed by atoms with van der Waals surface area (Å²) >= 11 is 0. The first-order valence-corrected chi connectivity index (χ1v) is 8.98. The van der Waals surface area contributed by atoms with Crippen molar-refractivity contribution in [3.05, 3.63) is 75.6 Å². The molecule has 28 heavy (non-hydrogen) atoms. The number of Topliss-reactive ketones (excluding diaryl/α,β-unsaturated/α-hetero) is 1. The summed E-state index contributed by atoms with van der Waals surface area (Å²) in [5.74, 6) is -0.856. The molecule has 142 valence electrons. The largest absolute Gasteiger partial charge is 0.451 e. The van der Waals surface area contributed by atoms with Gasteiger partial charge in [-0.3, -0.25) is 14.2 Å². The van der Waals surface area contributed by atoms with E-state index in [-0.39, 0.29) is 16.7 Å². The van der Waals surface area contributed by atoms with Gasteiger partial charge in [0, 0.05) is 18.5 Å². The first kappa shape index (κ1) is 18.0. The third-order valence-corrected chi connectivity index (χ3v) is 4.83. The molecule has 7 heteroatoms. The van der Waals surface area contributed by atoms with Gasteiger partial charge < -0.3 is 4.74 Å². The second-order valence-corrected chi connectivity index (χ2v) is 6.74. The maximum Gasteiger partial charge on any atom is 0.338 e. The van der Waals surface area contributed by atoms with Crippen LogP contribution in [0.25, 0.3) is 10.9 Å².